The van der Waals surface area contributed by atoms with Crippen LogP contribution in [-0.2, 0) is 0 Å². The Bertz CT molecular complexity index is 954. The Morgan fingerprint density at radius 2 is 2.08 bits per heavy atom. The van der Waals surface area contributed by atoms with E-state index in [9.17, 15) is 9.90 Å². The van der Waals surface area contributed by atoms with Gasteiger partial charge in [-0.1, -0.05) is 29.8 Å². The predicted molar refractivity (Wildman–Crippen MR) is 94.7 cm³/mol. The number of halogens is 1. The smallest absolute Gasteiger partial charge is 0.271 e. The molecule has 0 aliphatic carbocycles. The molecule has 120 valence electrons. The number of hydrogen-bond acceptors (Lipinski definition) is 4. The number of nitrogens with zero attached hydrogens (tertiary/aromatic N) is 2. The topological polar surface area (TPSA) is 74.6 Å². The maximum absolute atomic E-state index is 11.9. The molecule has 0 saturated carbocycles. The van der Waals surface area contributed by atoms with Gasteiger partial charge >= 0.3 is 0 Å². The number of carbonyl (C=O) groups excluding carboxylic acids is 1. The van der Waals surface area contributed by atoms with Crippen molar-refractivity contribution in [2.75, 3.05) is 0 Å². The summed E-state index contributed by atoms with van der Waals surface area (Å²) in [5, 5.41) is 14.5. The second-order valence-electron chi connectivity index (χ2n) is 5.31. The molecule has 3 rings (SSSR count). The minimum atomic E-state index is -0.428. The van der Waals surface area contributed by atoms with E-state index < -0.39 is 5.91 Å². The highest BCUT2D eigenvalue weighted by atomic mass is 35.5. The molecule has 6 heteroatoms. The van der Waals surface area contributed by atoms with Crippen molar-refractivity contribution in [3.63, 3.8) is 0 Å². The summed E-state index contributed by atoms with van der Waals surface area (Å²) in [5.41, 5.74) is 5.21. The van der Waals surface area contributed by atoms with E-state index in [2.05, 4.69) is 15.5 Å². The van der Waals surface area contributed by atoms with Crippen LogP contribution in [0.1, 0.15) is 21.5 Å². The zero-order chi connectivity index (χ0) is 17.1. The van der Waals surface area contributed by atoms with Crippen LogP contribution in [0, 0.1) is 6.92 Å². The quantitative estimate of drug-likeness (QED) is 0.434. The third kappa shape index (κ3) is 3.52. The van der Waals surface area contributed by atoms with Gasteiger partial charge in [-0.15, -0.1) is 0 Å². The number of aryl methyl sites for hydroxylation is 1. The van der Waals surface area contributed by atoms with Gasteiger partial charge in [-0.2, -0.15) is 5.10 Å². The van der Waals surface area contributed by atoms with Crippen molar-refractivity contribution in [1.29, 1.82) is 0 Å². The Morgan fingerprint density at radius 1 is 1.25 bits per heavy atom. The van der Waals surface area contributed by atoms with Gasteiger partial charge in [-0.25, -0.2) is 10.4 Å². The van der Waals surface area contributed by atoms with Gasteiger partial charge in [0.25, 0.3) is 5.91 Å². The molecule has 0 saturated heterocycles. The summed E-state index contributed by atoms with van der Waals surface area (Å²) in [6.45, 7) is 1.99. The van der Waals surface area contributed by atoms with Gasteiger partial charge in [0.05, 0.1) is 11.7 Å². The molecule has 0 unspecified atom stereocenters. The summed E-state index contributed by atoms with van der Waals surface area (Å²) < 4.78 is 0. The number of hydrogen-bond donors (Lipinski definition) is 2. The molecule has 1 aromatic heterocycles. The number of nitrogens with one attached hydrogen (secondary N) is 1. The minimum absolute atomic E-state index is 0.0173. The monoisotopic (exact) mass is 339 g/mol. The highest BCUT2D eigenvalue weighted by molar-refractivity contribution is 6.32. The van der Waals surface area contributed by atoms with Gasteiger partial charge in [0.2, 0.25) is 0 Å². The maximum atomic E-state index is 11.9. The van der Waals surface area contributed by atoms with E-state index in [0.29, 0.717) is 16.3 Å². The Hall–Kier alpha value is -2.92. The molecule has 0 fully saturated rings. The number of aromatic hydroxyl groups is 1. The first-order valence-electron chi connectivity index (χ1n) is 7.22. The lowest BCUT2D eigenvalue weighted by atomic mass is 10.1. The second kappa shape index (κ2) is 6.68. The average Bonchev–Trinajstić information content (AvgIpc) is 2.55. The molecule has 3 aromatic rings. The first-order valence-corrected chi connectivity index (χ1v) is 7.60. The molecule has 0 atom stereocenters. The summed E-state index contributed by atoms with van der Waals surface area (Å²) in [4.78, 5) is 16.3. The van der Waals surface area contributed by atoms with Crippen LogP contribution in [0.3, 0.4) is 0 Å². The van der Waals surface area contributed by atoms with E-state index in [-0.39, 0.29) is 5.75 Å². The van der Waals surface area contributed by atoms with E-state index in [0.717, 1.165) is 16.5 Å². The lowest BCUT2D eigenvalue weighted by molar-refractivity contribution is 0.0954. The fourth-order valence-electron chi connectivity index (χ4n) is 2.23. The fourth-order valence-corrected chi connectivity index (χ4v) is 2.43. The molecule has 0 bridgehead atoms. The van der Waals surface area contributed by atoms with E-state index in [1.54, 1.807) is 12.1 Å². The Labute approximate surface area is 143 Å². The predicted octanol–water partition coefficient (Wildman–Crippen LogP) is 3.67. The fraction of sp³-hybridized carbons (Fsp3) is 0.0556. The summed E-state index contributed by atoms with van der Waals surface area (Å²) >= 11 is 6.16. The zero-order valence-electron chi connectivity index (χ0n) is 12.8. The molecule has 0 aliphatic rings. The largest absolute Gasteiger partial charge is 0.508 e. The van der Waals surface area contributed by atoms with E-state index in [1.165, 1.54) is 18.3 Å². The Kier molecular flexibility index (Phi) is 4.44. The average molecular weight is 340 g/mol. The molecule has 24 heavy (non-hydrogen) atoms. The van der Waals surface area contributed by atoms with Crippen LogP contribution < -0.4 is 5.43 Å². The molecule has 1 heterocycles. The number of pyridine rings is 1. The lowest BCUT2D eigenvalue weighted by Crippen LogP contribution is -2.17. The molecule has 0 aliphatic heterocycles. The van der Waals surface area contributed by atoms with E-state index in [1.807, 2.05) is 31.2 Å². The molecule has 0 spiro atoms. The number of hydrazone groups is 1. The third-order valence-electron chi connectivity index (χ3n) is 3.43. The molecule has 2 aromatic carbocycles. The van der Waals surface area contributed by atoms with E-state index >= 15 is 0 Å². The van der Waals surface area contributed by atoms with Crippen LogP contribution in [0.25, 0.3) is 10.9 Å². The number of benzene rings is 2. The normalized spacial score (nSPS) is 11.1. The molecule has 0 radical (unpaired) electrons. The molecule has 2 N–H and O–H groups in total. The van der Waals surface area contributed by atoms with Crippen molar-refractivity contribution in [3.05, 3.63) is 70.4 Å². The highest BCUT2D eigenvalue weighted by Crippen LogP contribution is 2.20. The van der Waals surface area contributed by atoms with Gasteiger partial charge in [-0.05, 0) is 42.8 Å². The first kappa shape index (κ1) is 16.0. The van der Waals surface area contributed by atoms with Crippen molar-refractivity contribution >= 4 is 34.6 Å². The third-order valence-corrected chi connectivity index (χ3v) is 3.73. The Balaban J connectivity index is 1.79. The van der Waals surface area contributed by atoms with Crippen molar-refractivity contribution in [2.45, 2.75) is 6.92 Å². The van der Waals surface area contributed by atoms with Gasteiger partial charge in [0, 0.05) is 16.5 Å². The number of phenols is 1. The molecule has 5 nitrogen and oxygen atoms in total. The first-order chi connectivity index (χ1) is 11.5. The van der Waals surface area contributed by atoms with Gasteiger partial charge in [0.15, 0.2) is 0 Å². The van der Waals surface area contributed by atoms with Crippen LogP contribution in [0.4, 0.5) is 0 Å². The number of aromatic nitrogens is 1. The van der Waals surface area contributed by atoms with Gasteiger partial charge in [-0.3, -0.25) is 4.79 Å². The van der Waals surface area contributed by atoms with Gasteiger partial charge < -0.3 is 5.11 Å². The van der Waals surface area contributed by atoms with Crippen LogP contribution in [-0.4, -0.2) is 22.2 Å². The summed E-state index contributed by atoms with van der Waals surface area (Å²) in [7, 11) is 0. The molecular weight excluding hydrogens is 326 g/mol. The minimum Gasteiger partial charge on any atom is -0.508 e. The summed E-state index contributed by atoms with van der Waals surface area (Å²) in [5.74, 6) is -0.411. The Morgan fingerprint density at radius 3 is 2.88 bits per heavy atom. The van der Waals surface area contributed by atoms with Gasteiger partial charge in [0.1, 0.15) is 10.9 Å². The highest BCUT2D eigenvalue weighted by Gasteiger charge is 2.06. The van der Waals surface area contributed by atoms with E-state index in [4.69, 9.17) is 11.6 Å². The van der Waals surface area contributed by atoms with Crippen LogP contribution in [0.2, 0.25) is 5.15 Å². The molecular formula is C18H14ClN3O2. The number of amides is 1. The van der Waals surface area contributed by atoms with Crippen molar-refractivity contribution < 1.29 is 9.90 Å². The SMILES string of the molecule is Cc1ccc2cc(/C=N\NC(=O)c3cccc(O)c3)c(Cl)nc2c1. The second-order valence-corrected chi connectivity index (χ2v) is 5.67. The maximum Gasteiger partial charge on any atom is 0.271 e. The van der Waals surface area contributed by atoms with Crippen LogP contribution in [0.15, 0.2) is 53.6 Å². The van der Waals surface area contributed by atoms with Crippen molar-refractivity contribution in [3.8, 4) is 5.75 Å². The number of fused-ring (bicyclic) bond motifs is 1. The standard InChI is InChI=1S/C18H14ClN3O2/c1-11-5-6-12-8-14(17(19)21-16(12)7-11)10-20-22-18(24)13-3-2-4-15(23)9-13/h2-10,23H,1H3,(H,22,24)/b20-10-. The van der Waals surface area contributed by atoms with Crippen molar-refractivity contribution in [1.82, 2.24) is 10.4 Å². The number of carbonyl (C=O) groups is 1. The lowest BCUT2D eigenvalue weighted by Gasteiger charge is -2.03. The summed E-state index contributed by atoms with van der Waals surface area (Å²) in [6.07, 6.45) is 1.44. The summed E-state index contributed by atoms with van der Waals surface area (Å²) in [6, 6.07) is 13.8. The van der Waals surface area contributed by atoms with Crippen LogP contribution in [0.5, 0.6) is 5.75 Å². The van der Waals surface area contributed by atoms with Crippen molar-refractivity contribution in [2.24, 2.45) is 5.10 Å². The number of rotatable bonds is 3. The molecule has 1 amide bonds. The number of phenolic OH excluding ortho intramolecular Hbond substituents is 1. The zero-order valence-corrected chi connectivity index (χ0v) is 13.6. The van der Waals surface area contributed by atoms with Crippen LogP contribution >= 0.6 is 11.6 Å².